The summed E-state index contributed by atoms with van der Waals surface area (Å²) in [7, 11) is 5.71. The van der Waals surface area contributed by atoms with Gasteiger partial charge < -0.3 is 19.1 Å². The first-order chi connectivity index (χ1) is 6.74. The molecule has 0 rings (SSSR count). The van der Waals surface area contributed by atoms with Crippen molar-refractivity contribution in [2.45, 2.75) is 25.9 Å². The highest BCUT2D eigenvalue weighted by Gasteiger charge is 2.21. The SMILES string of the molecule is CCC(=O)OC(CC(=O)[O-])C[N+](C)(C)C.Cl. The van der Waals surface area contributed by atoms with Crippen molar-refractivity contribution in [1.82, 2.24) is 0 Å². The number of hydrogen-bond acceptors (Lipinski definition) is 4. The number of carboxylic acid groups (broad SMARTS) is 1. The van der Waals surface area contributed by atoms with Crippen molar-refractivity contribution in [2.75, 3.05) is 27.7 Å². The maximum Gasteiger partial charge on any atom is 0.306 e. The van der Waals surface area contributed by atoms with E-state index in [1.807, 2.05) is 21.1 Å². The Morgan fingerprint density at radius 3 is 2.12 bits per heavy atom. The first-order valence-electron chi connectivity index (χ1n) is 4.94. The van der Waals surface area contributed by atoms with Gasteiger partial charge in [0.05, 0.1) is 21.1 Å². The molecule has 16 heavy (non-hydrogen) atoms. The number of ether oxygens (including phenoxy) is 1. The minimum atomic E-state index is -1.20. The minimum absolute atomic E-state index is 0. The molecule has 0 heterocycles. The van der Waals surface area contributed by atoms with E-state index in [9.17, 15) is 14.7 Å². The molecule has 0 saturated heterocycles. The highest BCUT2D eigenvalue weighted by Crippen LogP contribution is 2.05. The molecule has 5 nitrogen and oxygen atoms in total. The number of rotatable bonds is 6. The van der Waals surface area contributed by atoms with Crippen LogP contribution in [0, 0.1) is 0 Å². The molecule has 1 unspecified atom stereocenters. The number of carbonyl (C=O) groups excluding carboxylic acids is 2. The second-order valence-electron chi connectivity index (χ2n) is 4.51. The number of halogens is 1. The molecule has 0 fully saturated rings. The van der Waals surface area contributed by atoms with Gasteiger partial charge in [-0.2, -0.15) is 0 Å². The van der Waals surface area contributed by atoms with Crippen LogP contribution in [0.1, 0.15) is 19.8 Å². The van der Waals surface area contributed by atoms with Crippen LogP contribution in [-0.2, 0) is 14.3 Å². The summed E-state index contributed by atoms with van der Waals surface area (Å²) in [6.45, 7) is 2.13. The standard InChI is InChI=1S/C10H19NO4.ClH/c1-5-10(14)15-8(6-9(12)13)7-11(2,3)4;/h8H,5-7H2,1-4H3;1H. The number of carboxylic acids is 1. The third-order valence-corrected chi connectivity index (χ3v) is 1.73. The Hall–Kier alpha value is -0.810. The molecule has 0 aromatic carbocycles. The molecule has 6 heteroatoms. The summed E-state index contributed by atoms with van der Waals surface area (Å²) in [6, 6.07) is 0. The molecule has 0 aromatic rings. The molecule has 0 N–H and O–H groups in total. The Bertz CT molecular complexity index is 237. The summed E-state index contributed by atoms with van der Waals surface area (Å²) in [5, 5.41) is 10.5. The Morgan fingerprint density at radius 1 is 1.31 bits per heavy atom. The van der Waals surface area contributed by atoms with Gasteiger partial charge in [0, 0.05) is 18.8 Å². The molecule has 0 aromatic heterocycles. The van der Waals surface area contributed by atoms with Crippen LogP contribution in [0.2, 0.25) is 0 Å². The van der Waals surface area contributed by atoms with Crippen molar-refractivity contribution in [3.8, 4) is 0 Å². The van der Waals surface area contributed by atoms with Gasteiger partial charge in [-0.05, 0) is 0 Å². The van der Waals surface area contributed by atoms with Crippen LogP contribution in [0.25, 0.3) is 0 Å². The maximum atomic E-state index is 11.0. The van der Waals surface area contributed by atoms with Gasteiger partial charge in [0.2, 0.25) is 0 Å². The van der Waals surface area contributed by atoms with Crippen LogP contribution in [-0.4, -0.2) is 50.2 Å². The van der Waals surface area contributed by atoms with Crippen molar-refractivity contribution >= 4 is 24.3 Å². The van der Waals surface area contributed by atoms with E-state index in [1.54, 1.807) is 6.92 Å². The predicted molar refractivity (Wildman–Crippen MR) is 59.9 cm³/mol. The normalized spacial score (nSPS) is 12.5. The molecule has 0 saturated carbocycles. The summed E-state index contributed by atoms with van der Waals surface area (Å²) in [5.41, 5.74) is 0. The lowest BCUT2D eigenvalue weighted by molar-refractivity contribution is -0.873. The molecule has 0 spiro atoms. The van der Waals surface area contributed by atoms with Crippen LogP contribution < -0.4 is 5.11 Å². The number of quaternary nitrogens is 1. The van der Waals surface area contributed by atoms with Gasteiger partial charge in [0.25, 0.3) is 0 Å². The van der Waals surface area contributed by atoms with Crippen molar-refractivity contribution in [2.24, 2.45) is 0 Å². The molecule has 0 radical (unpaired) electrons. The lowest BCUT2D eigenvalue weighted by Gasteiger charge is -2.29. The highest BCUT2D eigenvalue weighted by molar-refractivity contribution is 5.85. The monoisotopic (exact) mass is 253 g/mol. The zero-order chi connectivity index (χ0) is 12.1. The second kappa shape index (κ2) is 7.46. The molecule has 0 aliphatic heterocycles. The fourth-order valence-corrected chi connectivity index (χ4v) is 1.21. The van der Waals surface area contributed by atoms with Crippen LogP contribution in [0.3, 0.4) is 0 Å². The van der Waals surface area contributed by atoms with Crippen LogP contribution in [0.15, 0.2) is 0 Å². The summed E-state index contributed by atoms with van der Waals surface area (Å²) in [4.78, 5) is 21.5. The predicted octanol–water partition coefficient (Wildman–Crippen LogP) is -0.424. The third-order valence-electron chi connectivity index (χ3n) is 1.73. The molecule has 1 atom stereocenters. The van der Waals surface area contributed by atoms with E-state index in [-0.39, 0.29) is 31.2 Å². The average Bonchev–Trinajstić information content (AvgIpc) is 1.99. The average molecular weight is 254 g/mol. The maximum absolute atomic E-state index is 11.0. The number of nitrogens with zero attached hydrogens (tertiary/aromatic N) is 1. The van der Waals surface area contributed by atoms with Crippen molar-refractivity contribution in [3.63, 3.8) is 0 Å². The highest BCUT2D eigenvalue weighted by atomic mass is 35.5. The first-order valence-corrected chi connectivity index (χ1v) is 4.94. The molecular weight excluding hydrogens is 234 g/mol. The van der Waals surface area contributed by atoms with Crippen LogP contribution in [0.5, 0.6) is 0 Å². The van der Waals surface area contributed by atoms with Gasteiger partial charge >= 0.3 is 5.97 Å². The van der Waals surface area contributed by atoms with Crippen LogP contribution in [0.4, 0.5) is 0 Å². The van der Waals surface area contributed by atoms with E-state index >= 15 is 0 Å². The molecule has 96 valence electrons. The summed E-state index contributed by atoms with van der Waals surface area (Å²) in [5.74, 6) is -1.58. The summed E-state index contributed by atoms with van der Waals surface area (Å²) in [6.07, 6.45) is -0.607. The van der Waals surface area contributed by atoms with E-state index in [0.717, 1.165) is 0 Å². The fraction of sp³-hybridized carbons (Fsp3) is 0.800. The molecule has 0 aliphatic rings. The topological polar surface area (TPSA) is 66.4 Å². The second-order valence-corrected chi connectivity index (χ2v) is 4.51. The Kier molecular flexibility index (Phi) is 8.20. The van der Waals surface area contributed by atoms with Crippen LogP contribution >= 0.6 is 12.4 Å². The number of carbonyl (C=O) groups is 2. The van der Waals surface area contributed by atoms with E-state index in [1.165, 1.54) is 0 Å². The number of esters is 1. The van der Waals surface area contributed by atoms with Gasteiger partial charge in [0.15, 0.2) is 6.10 Å². The summed E-state index contributed by atoms with van der Waals surface area (Å²) < 4.78 is 5.55. The number of hydrogen-bond donors (Lipinski definition) is 0. The van der Waals surface area contributed by atoms with Gasteiger partial charge in [-0.15, -0.1) is 12.4 Å². The van der Waals surface area contributed by atoms with Gasteiger partial charge in [-0.3, -0.25) is 4.79 Å². The first kappa shape index (κ1) is 17.6. The zero-order valence-corrected chi connectivity index (χ0v) is 11.0. The van der Waals surface area contributed by atoms with Gasteiger partial charge in [-0.25, -0.2) is 0 Å². The van der Waals surface area contributed by atoms with Gasteiger partial charge in [0.1, 0.15) is 6.54 Å². The lowest BCUT2D eigenvalue weighted by atomic mass is 10.2. The van der Waals surface area contributed by atoms with E-state index < -0.39 is 12.1 Å². The molecule has 0 amide bonds. The smallest absolute Gasteiger partial charge is 0.306 e. The largest absolute Gasteiger partial charge is 0.550 e. The molecule has 0 bridgehead atoms. The molecular formula is C10H20ClNO4. The Balaban J connectivity index is 0. The Morgan fingerprint density at radius 2 is 1.81 bits per heavy atom. The van der Waals surface area contributed by atoms with Crippen molar-refractivity contribution < 1.29 is 23.9 Å². The lowest BCUT2D eigenvalue weighted by Crippen LogP contribution is -2.45. The third kappa shape index (κ3) is 9.73. The Labute approximate surface area is 102 Å². The molecule has 0 aliphatic carbocycles. The summed E-state index contributed by atoms with van der Waals surface area (Å²) >= 11 is 0. The number of likely N-dealkylation sites (N-methyl/N-ethyl adjacent to an activating group) is 1. The minimum Gasteiger partial charge on any atom is -0.550 e. The van der Waals surface area contributed by atoms with Crippen molar-refractivity contribution in [3.05, 3.63) is 0 Å². The van der Waals surface area contributed by atoms with Gasteiger partial charge in [-0.1, -0.05) is 6.92 Å². The van der Waals surface area contributed by atoms with E-state index in [4.69, 9.17) is 4.74 Å². The van der Waals surface area contributed by atoms with E-state index in [2.05, 4.69) is 0 Å². The zero-order valence-electron chi connectivity index (χ0n) is 10.2. The number of aliphatic carboxylic acids is 1. The van der Waals surface area contributed by atoms with Crippen molar-refractivity contribution in [1.29, 1.82) is 0 Å². The quantitative estimate of drug-likeness (QED) is 0.476. The van der Waals surface area contributed by atoms with E-state index in [0.29, 0.717) is 11.0 Å². The fourth-order valence-electron chi connectivity index (χ4n) is 1.21.